The van der Waals surface area contributed by atoms with Crippen LogP contribution in [0.3, 0.4) is 0 Å². The summed E-state index contributed by atoms with van der Waals surface area (Å²) in [5.74, 6) is -0.312. The van der Waals surface area contributed by atoms with Gasteiger partial charge in [0.25, 0.3) is 0 Å². The van der Waals surface area contributed by atoms with Gasteiger partial charge in [-0.15, -0.1) is 0 Å². The van der Waals surface area contributed by atoms with Crippen molar-refractivity contribution < 1.29 is 9.53 Å². The zero-order chi connectivity index (χ0) is 13.5. The van der Waals surface area contributed by atoms with E-state index < -0.39 is 0 Å². The van der Waals surface area contributed by atoms with E-state index in [1.54, 1.807) is 25.1 Å². The SMILES string of the molecule is C=CC(C)OC(=O)c1ccc(N(CC)CC)cc1. The standard InChI is InChI=1S/C15H21NO2/c1-5-12(4)18-15(17)13-8-10-14(11-9-13)16(6-2)7-3/h5,8-12H,1,6-7H2,2-4H3. The molecule has 1 rings (SSSR count). The molecular formula is C15H21NO2. The highest BCUT2D eigenvalue weighted by molar-refractivity contribution is 5.90. The third kappa shape index (κ3) is 3.62. The highest BCUT2D eigenvalue weighted by Crippen LogP contribution is 2.15. The number of anilines is 1. The molecule has 18 heavy (non-hydrogen) atoms. The summed E-state index contributed by atoms with van der Waals surface area (Å²) in [6.07, 6.45) is 1.34. The first-order chi connectivity index (χ1) is 8.62. The molecule has 0 aliphatic rings. The molecule has 1 aromatic rings. The van der Waals surface area contributed by atoms with Gasteiger partial charge in [0.1, 0.15) is 6.10 Å². The average Bonchev–Trinajstić information content (AvgIpc) is 2.40. The lowest BCUT2D eigenvalue weighted by Crippen LogP contribution is -2.21. The minimum atomic E-state index is -0.312. The van der Waals surface area contributed by atoms with Crippen molar-refractivity contribution in [2.24, 2.45) is 0 Å². The minimum Gasteiger partial charge on any atom is -0.455 e. The minimum absolute atomic E-state index is 0.264. The molecule has 3 heteroatoms. The molecule has 0 spiro atoms. The van der Waals surface area contributed by atoms with Gasteiger partial charge in [-0.3, -0.25) is 0 Å². The number of nitrogens with zero attached hydrogens (tertiary/aromatic N) is 1. The molecule has 0 saturated heterocycles. The first kappa shape index (κ1) is 14.3. The van der Waals surface area contributed by atoms with E-state index in [0.717, 1.165) is 18.8 Å². The molecule has 0 radical (unpaired) electrons. The Labute approximate surface area is 109 Å². The second-order valence-electron chi connectivity index (χ2n) is 4.07. The third-order valence-corrected chi connectivity index (χ3v) is 2.86. The Morgan fingerprint density at radius 3 is 2.33 bits per heavy atom. The van der Waals surface area contributed by atoms with E-state index in [-0.39, 0.29) is 12.1 Å². The van der Waals surface area contributed by atoms with Crippen molar-refractivity contribution in [3.63, 3.8) is 0 Å². The van der Waals surface area contributed by atoms with E-state index in [1.165, 1.54) is 0 Å². The van der Waals surface area contributed by atoms with Crippen molar-refractivity contribution in [3.05, 3.63) is 42.5 Å². The molecule has 0 aliphatic carbocycles. The van der Waals surface area contributed by atoms with Crippen LogP contribution < -0.4 is 4.90 Å². The molecule has 1 atom stereocenters. The zero-order valence-electron chi connectivity index (χ0n) is 11.3. The molecule has 0 bridgehead atoms. The van der Waals surface area contributed by atoms with Crippen molar-refractivity contribution >= 4 is 11.7 Å². The number of benzene rings is 1. The van der Waals surface area contributed by atoms with Crippen LogP contribution in [0.1, 0.15) is 31.1 Å². The molecule has 0 N–H and O–H groups in total. The average molecular weight is 247 g/mol. The van der Waals surface area contributed by atoms with Crippen LogP contribution in [0.25, 0.3) is 0 Å². The van der Waals surface area contributed by atoms with E-state index in [2.05, 4.69) is 25.3 Å². The molecule has 1 unspecified atom stereocenters. The van der Waals surface area contributed by atoms with Crippen LogP contribution >= 0.6 is 0 Å². The van der Waals surface area contributed by atoms with E-state index in [1.807, 2.05) is 12.1 Å². The molecule has 3 nitrogen and oxygen atoms in total. The highest BCUT2D eigenvalue weighted by Gasteiger charge is 2.10. The van der Waals surface area contributed by atoms with Gasteiger partial charge in [-0.05, 0) is 45.0 Å². The third-order valence-electron chi connectivity index (χ3n) is 2.86. The quantitative estimate of drug-likeness (QED) is 0.571. The van der Waals surface area contributed by atoms with Crippen LogP contribution in [0, 0.1) is 0 Å². The van der Waals surface area contributed by atoms with Gasteiger partial charge in [0.2, 0.25) is 0 Å². The lowest BCUT2D eigenvalue weighted by molar-refractivity contribution is 0.0425. The Balaban J connectivity index is 2.76. The molecular weight excluding hydrogens is 226 g/mol. The predicted octanol–water partition coefficient (Wildman–Crippen LogP) is 3.26. The fourth-order valence-electron chi connectivity index (χ4n) is 1.68. The van der Waals surface area contributed by atoms with Gasteiger partial charge in [-0.2, -0.15) is 0 Å². The van der Waals surface area contributed by atoms with Crippen LogP contribution in [0.15, 0.2) is 36.9 Å². The number of ether oxygens (including phenoxy) is 1. The summed E-state index contributed by atoms with van der Waals surface area (Å²) in [5, 5.41) is 0. The maximum atomic E-state index is 11.8. The number of hydrogen-bond donors (Lipinski definition) is 0. The van der Waals surface area contributed by atoms with E-state index in [9.17, 15) is 4.79 Å². The molecule has 0 saturated carbocycles. The lowest BCUT2D eigenvalue weighted by Gasteiger charge is -2.21. The lowest BCUT2D eigenvalue weighted by atomic mass is 10.2. The highest BCUT2D eigenvalue weighted by atomic mass is 16.5. The maximum Gasteiger partial charge on any atom is 0.338 e. The summed E-state index contributed by atoms with van der Waals surface area (Å²) >= 11 is 0. The number of rotatable bonds is 6. The Morgan fingerprint density at radius 2 is 1.89 bits per heavy atom. The summed E-state index contributed by atoms with van der Waals surface area (Å²) in [6.45, 7) is 11.5. The first-order valence-corrected chi connectivity index (χ1v) is 6.30. The van der Waals surface area contributed by atoms with Crippen LogP contribution in [0.4, 0.5) is 5.69 Å². The van der Waals surface area contributed by atoms with Crippen molar-refractivity contribution in [1.29, 1.82) is 0 Å². The second-order valence-corrected chi connectivity index (χ2v) is 4.07. The van der Waals surface area contributed by atoms with Crippen LogP contribution in [0.5, 0.6) is 0 Å². The number of carbonyl (C=O) groups excluding carboxylic acids is 1. The first-order valence-electron chi connectivity index (χ1n) is 6.30. The summed E-state index contributed by atoms with van der Waals surface area (Å²) in [4.78, 5) is 14.0. The van der Waals surface area contributed by atoms with Gasteiger partial charge < -0.3 is 9.64 Å². The zero-order valence-corrected chi connectivity index (χ0v) is 11.3. The number of esters is 1. The molecule has 98 valence electrons. The topological polar surface area (TPSA) is 29.5 Å². The van der Waals surface area contributed by atoms with Gasteiger partial charge >= 0.3 is 5.97 Å². The summed E-state index contributed by atoms with van der Waals surface area (Å²) in [5.41, 5.74) is 1.69. The number of hydrogen-bond acceptors (Lipinski definition) is 3. The Kier molecular flexibility index (Phi) is 5.43. The van der Waals surface area contributed by atoms with E-state index in [0.29, 0.717) is 5.56 Å². The van der Waals surface area contributed by atoms with Gasteiger partial charge in [0, 0.05) is 18.8 Å². The van der Waals surface area contributed by atoms with Crippen LogP contribution in [-0.4, -0.2) is 25.2 Å². The van der Waals surface area contributed by atoms with Crippen molar-refractivity contribution in [2.45, 2.75) is 26.9 Å². The van der Waals surface area contributed by atoms with Gasteiger partial charge in [-0.25, -0.2) is 4.79 Å². The van der Waals surface area contributed by atoms with Gasteiger partial charge in [-0.1, -0.05) is 12.7 Å². The van der Waals surface area contributed by atoms with E-state index >= 15 is 0 Å². The van der Waals surface area contributed by atoms with Crippen molar-refractivity contribution in [1.82, 2.24) is 0 Å². The summed E-state index contributed by atoms with van der Waals surface area (Å²) in [6, 6.07) is 7.49. The molecule has 1 aromatic carbocycles. The maximum absolute atomic E-state index is 11.8. The van der Waals surface area contributed by atoms with Crippen LogP contribution in [-0.2, 0) is 4.74 Å². The Hall–Kier alpha value is -1.77. The normalized spacial score (nSPS) is 11.7. The van der Waals surface area contributed by atoms with E-state index in [4.69, 9.17) is 4.74 Å². The van der Waals surface area contributed by atoms with Crippen molar-refractivity contribution in [3.8, 4) is 0 Å². The van der Waals surface area contributed by atoms with Crippen LogP contribution in [0.2, 0.25) is 0 Å². The summed E-state index contributed by atoms with van der Waals surface area (Å²) in [7, 11) is 0. The van der Waals surface area contributed by atoms with Gasteiger partial charge in [0.05, 0.1) is 5.56 Å². The molecule has 0 aromatic heterocycles. The van der Waals surface area contributed by atoms with Gasteiger partial charge in [0.15, 0.2) is 0 Å². The Bertz CT molecular complexity index is 393. The molecule has 0 fully saturated rings. The summed E-state index contributed by atoms with van der Waals surface area (Å²) < 4.78 is 5.17. The predicted molar refractivity (Wildman–Crippen MR) is 75.1 cm³/mol. The number of carbonyl (C=O) groups is 1. The smallest absolute Gasteiger partial charge is 0.338 e. The second kappa shape index (κ2) is 6.84. The molecule has 0 aliphatic heterocycles. The van der Waals surface area contributed by atoms with Crippen molar-refractivity contribution in [2.75, 3.05) is 18.0 Å². The monoisotopic (exact) mass is 247 g/mol. The Morgan fingerprint density at radius 1 is 1.33 bits per heavy atom. The fraction of sp³-hybridized carbons (Fsp3) is 0.400. The molecule has 0 amide bonds. The molecule has 0 heterocycles. The largest absolute Gasteiger partial charge is 0.455 e. The fourth-order valence-corrected chi connectivity index (χ4v) is 1.68.